The van der Waals surface area contributed by atoms with Crippen molar-refractivity contribution in [3.63, 3.8) is 0 Å². The lowest BCUT2D eigenvalue weighted by Gasteiger charge is -2.18. The fraction of sp³-hybridized carbons (Fsp3) is 0.333. The second-order valence-electron chi connectivity index (χ2n) is 3.84. The van der Waals surface area contributed by atoms with E-state index in [0.717, 1.165) is 4.90 Å². The van der Waals surface area contributed by atoms with Crippen LogP contribution in [0.15, 0.2) is 29.2 Å². The summed E-state index contributed by atoms with van der Waals surface area (Å²) in [5, 5.41) is 19.2. The molecule has 0 aliphatic rings. The molecule has 0 bridgehead atoms. The number of nitro groups is 1. The number of hydrogen-bond acceptors (Lipinski definition) is 5. The van der Waals surface area contributed by atoms with Crippen LogP contribution in [0.2, 0.25) is 0 Å². The van der Waals surface area contributed by atoms with Crippen LogP contribution in [-0.2, 0) is 9.59 Å². The van der Waals surface area contributed by atoms with E-state index >= 15 is 0 Å². The number of carbonyl (C=O) groups excluding carboxylic acids is 1. The Hall–Kier alpha value is -2.09. The minimum absolute atomic E-state index is 0.0123. The molecular weight excluding hydrogens is 284 g/mol. The molecule has 0 spiro atoms. The molecule has 1 rings (SSSR count). The first-order chi connectivity index (χ1) is 9.43. The van der Waals surface area contributed by atoms with Gasteiger partial charge in [-0.05, 0) is 19.1 Å². The van der Waals surface area contributed by atoms with Crippen molar-refractivity contribution in [2.75, 3.05) is 18.8 Å². The maximum atomic E-state index is 11.8. The van der Waals surface area contributed by atoms with E-state index in [2.05, 4.69) is 0 Å². The monoisotopic (exact) mass is 298 g/mol. The number of non-ortho nitro benzene ring substituents is 1. The molecule has 1 aromatic carbocycles. The highest BCUT2D eigenvalue weighted by atomic mass is 32.2. The Kier molecular flexibility index (Phi) is 5.98. The van der Waals surface area contributed by atoms with Crippen LogP contribution in [0.5, 0.6) is 0 Å². The first-order valence-electron chi connectivity index (χ1n) is 5.81. The summed E-state index contributed by atoms with van der Waals surface area (Å²) in [6, 6.07) is 5.84. The average Bonchev–Trinajstić information content (AvgIpc) is 2.42. The molecule has 0 saturated carbocycles. The minimum atomic E-state index is -1.06. The lowest BCUT2D eigenvalue weighted by atomic mass is 10.3. The number of carbonyl (C=O) groups is 2. The van der Waals surface area contributed by atoms with Gasteiger partial charge in [0.25, 0.3) is 5.69 Å². The van der Waals surface area contributed by atoms with Crippen LogP contribution < -0.4 is 0 Å². The molecule has 0 radical (unpaired) electrons. The highest BCUT2D eigenvalue weighted by molar-refractivity contribution is 8.00. The largest absolute Gasteiger partial charge is 0.480 e. The Balaban J connectivity index is 2.55. The van der Waals surface area contributed by atoms with E-state index in [1.807, 2.05) is 0 Å². The van der Waals surface area contributed by atoms with Gasteiger partial charge in [0, 0.05) is 23.6 Å². The first kappa shape index (κ1) is 16.0. The third-order valence-corrected chi connectivity index (χ3v) is 3.47. The molecule has 1 amide bonds. The Bertz CT molecular complexity index is 503. The summed E-state index contributed by atoms with van der Waals surface area (Å²) in [6.45, 7) is 1.71. The smallest absolute Gasteiger partial charge is 0.323 e. The summed E-state index contributed by atoms with van der Waals surface area (Å²) in [5.41, 5.74) is -0.0123. The molecule has 108 valence electrons. The van der Waals surface area contributed by atoms with Gasteiger partial charge in [0.2, 0.25) is 5.91 Å². The number of thioether (sulfide) groups is 1. The molecule has 20 heavy (non-hydrogen) atoms. The van der Waals surface area contributed by atoms with Crippen LogP contribution >= 0.6 is 11.8 Å². The van der Waals surface area contributed by atoms with Crippen LogP contribution in [0.25, 0.3) is 0 Å². The molecule has 0 aromatic heterocycles. The van der Waals surface area contributed by atoms with E-state index in [1.165, 1.54) is 28.8 Å². The molecule has 8 heteroatoms. The SMILES string of the molecule is CCN(CC(=O)O)C(=O)CSc1ccc([N+](=O)[O-])cc1. The van der Waals surface area contributed by atoms with Gasteiger partial charge in [0.1, 0.15) is 6.54 Å². The Morgan fingerprint density at radius 2 is 1.95 bits per heavy atom. The predicted molar refractivity (Wildman–Crippen MR) is 73.7 cm³/mol. The maximum absolute atomic E-state index is 11.8. The molecule has 1 N–H and O–H groups in total. The fourth-order valence-corrected chi connectivity index (χ4v) is 2.24. The van der Waals surface area contributed by atoms with Gasteiger partial charge in [0.05, 0.1) is 10.7 Å². The molecule has 0 heterocycles. The van der Waals surface area contributed by atoms with Crippen LogP contribution in [0.3, 0.4) is 0 Å². The normalized spacial score (nSPS) is 10.1. The highest BCUT2D eigenvalue weighted by Crippen LogP contribution is 2.21. The topological polar surface area (TPSA) is 101 Å². The molecule has 0 atom stereocenters. The summed E-state index contributed by atoms with van der Waals surface area (Å²) in [4.78, 5) is 34.3. The van der Waals surface area contributed by atoms with Crippen LogP contribution in [0, 0.1) is 10.1 Å². The Morgan fingerprint density at radius 1 is 1.35 bits per heavy atom. The second kappa shape index (κ2) is 7.49. The fourth-order valence-electron chi connectivity index (χ4n) is 1.44. The van der Waals surface area contributed by atoms with E-state index in [1.54, 1.807) is 19.1 Å². The zero-order valence-electron chi connectivity index (χ0n) is 10.8. The summed E-state index contributed by atoms with van der Waals surface area (Å²) in [6.07, 6.45) is 0. The molecule has 7 nitrogen and oxygen atoms in total. The first-order valence-corrected chi connectivity index (χ1v) is 6.79. The number of likely N-dealkylation sites (N-methyl/N-ethyl adjacent to an activating group) is 1. The van der Waals surface area contributed by atoms with Gasteiger partial charge >= 0.3 is 5.97 Å². The van der Waals surface area contributed by atoms with Crippen molar-refractivity contribution in [1.82, 2.24) is 4.90 Å². The molecule has 1 aromatic rings. The molecule has 0 fully saturated rings. The zero-order chi connectivity index (χ0) is 15.1. The number of aliphatic carboxylic acids is 1. The average molecular weight is 298 g/mol. The quantitative estimate of drug-likeness (QED) is 0.466. The molecule has 0 aliphatic heterocycles. The number of hydrogen-bond donors (Lipinski definition) is 1. The lowest BCUT2D eigenvalue weighted by molar-refractivity contribution is -0.384. The van der Waals surface area contributed by atoms with E-state index in [9.17, 15) is 19.7 Å². The predicted octanol–water partition coefficient (Wildman–Crippen LogP) is 1.62. The molecule has 0 unspecified atom stereocenters. The van der Waals surface area contributed by atoms with Gasteiger partial charge in [-0.2, -0.15) is 0 Å². The van der Waals surface area contributed by atoms with E-state index in [4.69, 9.17) is 5.11 Å². The second-order valence-corrected chi connectivity index (χ2v) is 4.89. The number of carboxylic acid groups (broad SMARTS) is 1. The van der Waals surface area contributed by atoms with Crippen molar-refractivity contribution < 1.29 is 19.6 Å². The van der Waals surface area contributed by atoms with E-state index in [-0.39, 0.29) is 23.9 Å². The van der Waals surface area contributed by atoms with Crippen LogP contribution in [0.4, 0.5) is 5.69 Å². The number of nitrogens with zero attached hydrogens (tertiary/aromatic N) is 2. The van der Waals surface area contributed by atoms with Crippen molar-refractivity contribution in [3.8, 4) is 0 Å². The third kappa shape index (κ3) is 4.88. The number of benzene rings is 1. The van der Waals surface area contributed by atoms with Gasteiger partial charge in [-0.3, -0.25) is 19.7 Å². The standard InChI is InChI=1S/C12H14N2O5S/c1-2-13(7-12(16)17)11(15)8-20-10-5-3-9(4-6-10)14(18)19/h3-6H,2,7-8H2,1H3,(H,16,17). The van der Waals surface area contributed by atoms with Crippen molar-refractivity contribution in [2.24, 2.45) is 0 Å². The summed E-state index contributed by atoms with van der Waals surface area (Å²) < 4.78 is 0. The minimum Gasteiger partial charge on any atom is -0.480 e. The lowest BCUT2D eigenvalue weighted by Crippen LogP contribution is -2.36. The van der Waals surface area contributed by atoms with Crippen molar-refractivity contribution in [3.05, 3.63) is 34.4 Å². The summed E-state index contributed by atoms with van der Waals surface area (Å²) >= 11 is 1.21. The van der Waals surface area contributed by atoms with E-state index < -0.39 is 10.9 Å². The summed E-state index contributed by atoms with van der Waals surface area (Å²) in [5.74, 6) is -1.24. The highest BCUT2D eigenvalue weighted by Gasteiger charge is 2.15. The van der Waals surface area contributed by atoms with Gasteiger partial charge in [0.15, 0.2) is 0 Å². The third-order valence-electron chi connectivity index (χ3n) is 2.47. The number of amides is 1. The Morgan fingerprint density at radius 3 is 2.40 bits per heavy atom. The van der Waals surface area contributed by atoms with Crippen LogP contribution in [-0.4, -0.2) is 45.6 Å². The maximum Gasteiger partial charge on any atom is 0.323 e. The van der Waals surface area contributed by atoms with E-state index in [0.29, 0.717) is 6.54 Å². The van der Waals surface area contributed by atoms with Crippen molar-refractivity contribution in [2.45, 2.75) is 11.8 Å². The van der Waals surface area contributed by atoms with Gasteiger partial charge < -0.3 is 10.0 Å². The van der Waals surface area contributed by atoms with Gasteiger partial charge in [-0.25, -0.2) is 0 Å². The van der Waals surface area contributed by atoms with Crippen LogP contribution in [0.1, 0.15) is 6.92 Å². The number of rotatable bonds is 7. The Labute approximate surface area is 119 Å². The zero-order valence-corrected chi connectivity index (χ0v) is 11.6. The number of carboxylic acids is 1. The summed E-state index contributed by atoms with van der Waals surface area (Å²) in [7, 11) is 0. The molecular formula is C12H14N2O5S. The van der Waals surface area contributed by atoms with Crippen molar-refractivity contribution >= 4 is 29.3 Å². The molecule has 0 aliphatic carbocycles. The molecule has 0 saturated heterocycles. The van der Waals surface area contributed by atoms with Gasteiger partial charge in [-0.1, -0.05) is 0 Å². The van der Waals surface area contributed by atoms with Crippen molar-refractivity contribution in [1.29, 1.82) is 0 Å². The van der Waals surface area contributed by atoms with Gasteiger partial charge in [-0.15, -0.1) is 11.8 Å². The number of nitro benzene ring substituents is 1.